The molecule has 0 saturated heterocycles. The third-order valence-corrected chi connectivity index (χ3v) is 5.22. The van der Waals surface area contributed by atoms with Gasteiger partial charge in [-0.15, -0.1) is 0 Å². The summed E-state index contributed by atoms with van der Waals surface area (Å²) in [5.41, 5.74) is 1.60. The number of nitro groups is 1. The lowest BCUT2D eigenvalue weighted by molar-refractivity contribution is -0.385. The molecule has 0 aliphatic rings. The first-order valence-corrected chi connectivity index (χ1v) is 9.84. The standard InChI is InChI=1S/C24H22FN3O4/c1-15-9-8-10-16(2)21(15)26-23(29)22(18-12-5-7-14-20(18)28(31)32)27(3)24(30)17-11-4-6-13-19(17)25/h4-14,22H,1-3H3,(H,26,29)/t22-/m1/s1. The van der Waals surface area contributed by atoms with Crippen LogP contribution in [0.1, 0.15) is 33.1 Å². The summed E-state index contributed by atoms with van der Waals surface area (Å²) in [5.74, 6) is -2.17. The van der Waals surface area contributed by atoms with Crippen LogP contribution in [-0.2, 0) is 4.79 Å². The van der Waals surface area contributed by atoms with Crippen molar-refractivity contribution in [1.29, 1.82) is 0 Å². The number of nitrogens with zero attached hydrogens (tertiary/aromatic N) is 2. The van der Waals surface area contributed by atoms with Gasteiger partial charge in [0, 0.05) is 18.8 Å². The summed E-state index contributed by atoms with van der Waals surface area (Å²) < 4.78 is 14.3. The van der Waals surface area contributed by atoms with Crippen molar-refractivity contribution in [2.75, 3.05) is 12.4 Å². The van der Waals surface area contributed by atoms with E-state index < -0.39 is 28.6 Å². The lowest BCUT2D eigenvalue weighted by atomic mass is 10.0. The van der Waals surface area contributed by atoms with Gasteiger partial charge in [0.1, 0.15) is 11.9 Å². The van der Waals surface area contributed by atoms with Crippen LogP contribution in [0.4, 0.5) is 15.8 Å². The van der Waals surface area contributed by atoms with Crippen LogP contribution in [0.5, 0.6) is 0 Å². The van der Waals surface area contributed by atoms with Crippen molar-refractivity contribution in [2.45, 2.75) is 19.9 Å². The molecule has 3 aromatic carbocycles. The van der Waals surface area contributed by atoms with E-state index in [1.54, 1.807) is 6.07 Å². The fourth-order valence-electron chi connectivity index (χ4n) is 3.56. The smallest absolute Gasteiger partial charge is 0.275 e. The normalized spacial score (nSPS) is 11.5. The van der Waals surface area contributed by atoms with Crippen molar-refractivity contribution < 1.29 is 18.9 Å². The Kier molecular flexibility index (Phi) is 6.63. The van der Waals surface area contributed by atoms with Crippen molar-refractivity contribution in [2.24, 2.45) is 0 Å². The molecule has 1 atom stereocenters. The Hall–Kier alpha value is -4.07. The first-order chi connectivity index (χ1) is 15.2. The number of nitro benzene ring substituents is 1. The highest BCUT2D eigenvalue weighted by Crippen LogP contribution is 2.32. The number of para-hydroxylation sites is 2. The van der Waals surface area contributed by atoms with Gasteiger partial charge < -0.3 is 10.2 Å². The molecule has 3 rings (SSSR count). The number of likely N-dealkylation sites (N-methyl/N-ethyl adjacent to an activating group) is 1. The average Bonchev–Trinajstić information content (AvgIpc) is 2.76. The van der Waals surface area contributed by atoms with E-state index in [2.05, 4.69) is 5.32 Å². The predicted molar refractivity (Wildman–Crippen MR) is 119 cm³/mol. The van der Waals surface area contributed by atoms with E-state index in [1.807, 2.05) is 32.0 Å². The van der Waals surface area contributed by atoms with Crippen LogP contribution in [0.25, 0.3) is 0 Å². The SMILES string of the molecule is Cc1cccc(C)c1NC(=O)[C@@H](c1ccccc1[N+](=O)[O-])N(C)C(=O)c1ccccc1F. The van der Waals surface area contributed by atoms with Gasteiger partial charge in [-0.2, -0.15) is 0 Å². The second kappa shape index (κ2) is 9.38. The fraction of sp³-hybridized carbons (Fsp3) is 0.167. The molecule has 164 valence electrons. The Labute approximate surface area is 184 Å². The number of rotatable bonds is 6. The molecular weight excluding hydrogens is 413 g/mol. The fourth-order valence-corrected chi connectivity index (χ4v) is 3.56. The van der Waals surface area contributed by atoms with E-state index in [9.17, 15) is 24.1 Å². The van der Waals surface area contributed by atoms with Gasteiger partial charge in [-0.1, -0.05) is 42.5 Å². The molecule has 0 saturated carbocycles. The number of anilines is 1. The van der Waals surface area contributed by atoms with Crippen molar-refractivity contribution in [1.82, 2.24) is 4.90 Å². The van der Waals surface area contributed by atoms with Gasteiger partial charge >= 0.3 is 0 Å². The second-order valence-corrected chi connectivity index (χ2v) is 7.37. The lowest BCUT2D eigenvalue weighted by Gasteiger charge is -2.28. The minimum absolute atomic E-state index is 0.0217. The number of amides is 2. The molecule has 0 aliphatic heterocycles. The molecule has 32 heavy (non-hydrogen) atoms. The van der Waals surface area contributed by atoms with Crippen molar-refractivity contribution in [3.63, 3.8) is 0 Å². The maximum atomic E-state index is 14.3. The van der Waals surface area contributed by atoms with E-state index >= 15 is 0 Å². The molecule has 7 nitrogen and oxygen atoms in total. The first kappa shape index (κ1) is 22.6. The van der Waals surface area contributed by atoms with Crippen LogP contribution in [0.15, 0.2) is 66.7 Å². The lowest BCUT2D eigenvalue weighted by Crippen LogP contribution is -2.39. The zero-order valence-corrected chi connectivity index (χ0v) is 17.8. The summed E-state index contributed by atoms with van der Waals surface area (Å²) in [5, 5.41) is 14.4. The Morgan fingerprint density at radius 2 is 1.56 bits per heavy atom. The van der Waals surface area contributed by atoms with Gasteiger partial charge in [0.15, 0.2) is 0 Å². The molecular formula is C24H22FN3O4. The topological polar surface area (TPSA) is 92.5 Å². The number of benzene rings is 3. The summed E-state index contributed by atoms with van der Waals surface area (Å²) in [6, 6.07) is 15.2. The molecule has 1 N–H and O–H groups in total. The Bertz CT molecular complexity index is 1180. The summed E-state index contributed by atoms with van der Waals surface area (Å²) in [4.78, 5) is 38.6. The van der Waals surface area contributed by atoms with Gasteiger partial charge in [0.05, 0.1) is 16.1 Å². The highest BCUT2D eigenvalue weighted by atomic mass is 19.1. The average molecular weight is 435 g/mol. The zero-order chi connectivity index (χ0) is 23.4. The van der Waals surface area contributed by atoms with E-state index in [0.717, 1.165) is 22.1 Å². The van der Waals surface area contributed by atoms with Gasteiger partial charge in [-0.05, 0) is 43.2 Å². The Morgan fingerprint density at radius 1 is 0.969 bits per heavy atom. The molecule has 0 fully saturated rings. The first-order valence-electron chi connectivity index (χ1n) is 9.84. The zero-order valence-electron chi connectivity index (χ0n) is 17.8. The monoisotopic (exact) mass is 435 g/mol. The van der Waals surface area contributed by atoms with Crippen LogP contribution in [0, 0.1) is 29.8 Å². The molecule has 0 aromatic heterocycles. The van der Waals surface area contributed by atoms with Crippen LogP contribution in [0.3, 0.4) is 0 Å². The second-order valence-electron chi connectivity index (χ2n) is 7.37. The molecule has 0 aliphatic carbocycles. The van der Waals surface area contributed by atoms with E-state index in [1.165, 1.54) is 43.4 Å². The Morgan fingerprint density at radius 3 is 2.19 bits per heavy atom. The number of hydrogen-bond donors (Lipinski definition) is 1. The Balaban J connectivity index is 2.10. The molecule has 2 amide bonds. The van der Waals surface area contributed by atoms with Gasteiger partial charge in [-0.25, -0.2) is 4.39 Å². The van der Waals surface area contributed by atoms with Crippen molar-refractivity contribution >= 4 is 23.2 Å². The number of carbonyl (C=O) groups is 2. The third kappa shape index (κ3) is 4.49. The minimum atomic E-state index is -1.37. The van der Waals surface area contributed by atoms with Crippen LogP contribution >= 0.6 is 0 Å². The van der Waals surface area contributed by atoms with Gasteiger partial charge in [0.25, 0.3) is 17.5 Å². The van der Waals surface area contributed by atoms with Crippen LogP contribution in [-0.4, -0.2) is 28.7 Å². The predicted octanol–water partition coefficient (Wildman–Crippen LogP) is 4.80. The summed E-state index contributed by atoms with van der Waals surface area (Å²) >= 11 is 0. The highest BCUT2D eigenvalue weighted by molar-refractivity contribution is 6.02. The van der Waals surface area contributed by atoms with E-state index in [-0.39, 0.29) is 16.8 Å². The van der Waals surface area contributed by atoms with Crippen molar-refractivity contribution in [3.8, 4) is 0 Å². The highest BCUT2D eigenvalue weighted by Gasteiger charge is 2.35. The number of halogens is 1. The summed E-state index contributed by atoms with van der Waals surface area (Å²) in [7, 11) is 1.32. The summed E-state index contributed by atoms with van der Waals surface area (Å²) in [6.07, 6.45) is 0. The molecule has 0 heterocycles. The molecule has 0 radical (unpaired) electrons. The largest absolute Gasteiger partial charge is 0.325 e. The minimum Gasteiger partial charge on any atom is -0.325 e. The molecule has 3 aromatic rings. The van der Waals surface area contributed by atoms with Crippen LogP contribution in [0.2, 0.25) is 0 Å². The third-order valence-electron chi connectivity index (χ3n) is 5.22. The van der Waals surface area contributed by atoms with Gasteiger partial charge in [-0.3, -0.25) is 19.7 Å². The number of aryl methyl sites for hydroxylation is 2. The van der Waals surface area contributed by atoms with E-state index in [4.69, 9.17) is 0 Å². The maximum Gasteiger partial charge on any atom is 0.275 e. The van der Waals surface area contributed by atoms with Gasteiger partial charge in [0.2, 0.25) is 0 Å². The number of nitrogens with one attached hydrogen (secondary N) is 1. The van der Waals surface area contributed by atoms with Crippen LogP contribution < -0.4 is 5.32 Å². The maximum absolute atomic E-state index is 14.3. The quantitative estimate of drug-likeness (QED) is 0.445. The molecule has 0 spiro atoms. The number of carbonyl (C=O) groups excluding carboxylic acids is 2. The van der Waals surface area contributed by atoms with E-state index in [0.29, 0.717) is 5.69 Å². The number of hydrogen-bond acceptors (Lipinski definition) is 4. The summed E-state index contributed by atoms with van der Waals surface area (Å²) in [6.45, 7) is 3.63. The molecule has 0 bridgehead atoms. The molecule has 8 heteroatoms. The van der Waals surface area contributed by atoms with Crippen molar-refractivity contribution in [3.05, 3.63) is 105 Å². The molecule has 0 unspecified atom stereocenters.